The van der Waals surface area contributed by atoms with Gasteiger partial charge in [-0.1, -0.05) is 119 Å². The Bertz CT molecular complexity index is 1020. The number of hydrogen-bond donors (Lipinski definition) is 1. The normalized spacial score (nSPS) is 10.2. The standard InChI is InChI=1S/C15H15B.C13H15BrN2/c1-2-13-16(14-9-5-3-6-10-14)15-11-7-4-8-12-15;1-2-3-12-9-15-13(16-12)8-10-4-6-11(14)7-5-10/h2-12H,1,13H2;4-7,9H,2-3,8H2,1H3,(H,15,16). The third-order valence-electron chi connectivity index (χ3n) is 5.29. The summed E-state index contributed by atoms with van der Waals surface area (Å²) in [5.41, 5.74) is 5.22. The van der Waals surface area contributed by atoms with Crippen LogP contribution in [0.4, 0.5) is 0 Å². The molecular formula is C28H30BBrN2. The molecule has 2 nitrogen and oxygen atoms in total. The van der Waals surface area contributed by atoms with Crippen LogP contribution in [0.25, 0.3) is 0 Å². The minimum Gasteiger partial charge on any atom is -0.346 e. The number of halogens is 1. The van der Waals surface area contributed by atoms with Crippen LogP contribution in [0.3, 0.4) is 0 Å². The Morgan fingerprint density at radius 2 is 1.50 bits per heavy atom. The Kier molecular flexibility index (Phi) is 9.58. The molecule has 0 aliphatic heterocycles. The molecule has 0 atom stereocenters. The fourth-order valence-corrected chi connectivity index (χ4v) is 3.95. The molecule has 3 aromatic carbocycles. The highest BCUT2D eigenvalue weighted by molar-refractivity contribution is 9.10. The van der Waals surface area contributed by atoms with Crippen LogP contribution in [0.15, 0.2) is 108 Å². The first-order valence-electron chi connectivity index (χ1n) is 11.2. The van der Waals surface area contributed by atoms with Gasteiger partial charge in [0.15, 0.2) is 0 Å². The lowest BCUT2D eigenvalue weighted by molar-refractivity contribution is 0.882. The van der Waals surface area contributed by atoms with E-state index >= 15 is 0 Å². The molecule has 0 fully saturated rings. The van der Waals surface area contributed by atoms with Crippen molar-refractivity contribution in [3.63, 3.8) is 0 Å². The van der Waals surface area contributed by atoms with E-state index in [2.05, 4.69) is 124 Å². The summed E-state index contributed by atoms with van der Waals surface area (Å²) in [5, 5.41) is 0. The highest BCUT2D eigenvalue weighted by Crippen LogP contribution is 2.13. The molecule has 4 rings (SSSR count). The number of imidazole rings is 1. The average Bonchev–Trinajstić information content (AvgIpc) is 3.28. The first-order chi connectivity index (χ1) is 15.7. The van der Waals surface area contributed by atoms with E-state index < -0.39 is 0 Å². The fraction of sp³-hybridized carbons (Fsp3) is 0.179. The van der Waals surface area contributed by atoms with Gasteiger partial charge in [-0.15, -0.1) is 6.58 Å². The molecule has 0 aliphatic rings. The highest BCUT2D eigenvalue weighted by Gasteiger charge is 2.16. The van der Waals surface area contributed by atoms with Gasteiger partial charge in [-0.05, 0) is 30.4 Å². The average molecular weight is 485 g/mol. The van der Waals surface area contributed by atoms with Gasteiger partial charge in [-0.3, -0.25) is 0 Å². The van der Waals surface area contributed by atoms with Gasteiger partial charge in [0.2, 0.25) is 6.71 Å². The highest BCUT2D eigenvalue weighted by atomic mass is 79.9. The summed E-state index contributed by atoms with van der Waals surface area (Å²) in [5.74, 6) is 1.05. The lowest BCUT2D eigenvalue weighted by Crippen LogP contribution is -2.41. The van der Waals surface area contributed by atoms with Crippen molar-refractivity contribution in [2.24, 2.45) is 0 Å². The molecule has 0 aliphatic carbocycles. The second-order valence-corrected chi connectivity index (χ2v) is 8.72. The van der Waals surface area contributed by atoms with E-state index in [9.17, 15) is 0 Å². The van der Waals surface area contributed by atoms with Gasteiger partial charge in [0.1, 0.15) is 5.82 Å². The summed E-state index contributed by atoms with van der Waals surface area (Å²) in [7, 11) is 0. The molecule has 1 aromatic heterocycles. The van der Waals surface area contributed by atoms with Gasteiger partial charge < -0.3 is 4.98 Å². The molecule has 4 aromatic rings. The summed E-state index contributed by atoms with van der Waals surface area (Å²) < 4.78 is 1.11. The number of allylic oxidation sites excluding steroid dienone is 1. The molecule has 0 saturated carbocycles. The Balaban J connectivity index is 0.000000181. The van der Waals surface area contributed by atoms with Crippen molar-refractivity contribution < 1.29 is 0 Å². The van der Waals surface area contributed by atoms with Crippen molar-refractivity contribution in [2.45, 2.75) is 32.5 Å². The van der Waals surface area contributed by atoms with Crippen molar-refractivity contribution in [3.8, 4) is 0 Å². The zero-order valence-corrected chi connectivity index (χ0v) is 20.3. The monoisotopic (exact) mass is 484 g/mol. The largest absolute Gasteiger partial charge is 0.346 e. The predicted octanol–water partition coefficient (Wildman–Crippen LogP) is 6.20. The molecule has 0 amide bonds. The van der Waals surface area contributed by atoms with Crippen LogP contribution in [0.2, 0.25) is 6.32 Å². The number of aromatic amines is 1. The number of hydrogen-bond acceptors (Lipinski definition) is 1. The third-order valence-corrected chi connectivity index (χ3v) is 5.82. The molecule has 1 heterocycles. The Morgan fingerprint density at radius 3 is 2.03 bits per heavy atom. The lowest BCUT2D eigenvalue weighted by Gasteiger charge is -2.12. The Hall–Kier alpha value is -2.85. The van der Waals surface area contributed by atoms with Gasteiger partial charge in [0.05, 0.1) is 0 Å². The van der Waals surface area contributed by atoms with Gasteiger partial charge in [0, 0.05) is 22.8 Å². The lowest BCUT2D eigenvalue weighted by atomic mass is 9.39. The molecule has 0 radical (unpaired) electrons. The number of aryl methyl sites for hydroxylation is 1. The van der Waals surface area contributed by atoms with Crippen LogP contribution in [-0.4, -0.2) is 16.7 Å². The first-order valence-corrected chi connectivity index (χ1v) is 12.0. The molecule has 162 valence electrons. The maximum absolute atomic E-state index is 4.39. The number of nitrogens with one attached hydrogen (secondary N) is 1. The quantitative estimate of drug-likeness (QED) is 0.234. The van der Waals surface area contributed by atoms with Crippen molar-refractivity contribution in [1.82, 2.24) is 9.97 Å². The van der Waals surface area contributed by atoms with Crippen LogP contribution in [0, 0.1) is 0 Å². The topological polar surface area (TPSA) is 28.7 Å². The Morgan fingerprint density at radius 1 is 0.906 bits per heavy atom. The Labute approximate surface area is 201 Å². The van der Waals surface area contributed by atoms with E-state index in [-0.39, 0.29) is 0 Å². The molecule has 32 heavy (non-hydrogen) atoms. The molecule has 0 spiro atoms. The zero-order valence-electron chi connectivity index (χ0n) is 18.7. The zero-order chi connectivity index (χ0) is 22.6. The summed E-state index contributed by atoms with van der Waals surface area (Å²) in [6, 6.07) is 29.6. The van der Waals surface area contributed by atoms with Crippen LogP contribution >= 0.6 is 15.9 Å². The number of nitrogens with zero attached hydrogens (tertiary/aromatic N) is 1. The van der Waals surface area contributed by atoms with Gasteiger partial charge in [-0.25, -0.2) is 4.98 Å². The van der Waals surface area contributed by atoms with E-state index in [0.717, 1.165) is 35.9 Å². The number of aromatic nitrogens is 2. The van der Waals surface area contributed by atoms with E-state index in [1.54, 1.807) is 0 Å². The van der Waals surface area contributed by atoms with Crippen LogP contribution < -0.4 is 10.9 Å². The maximum atomic E-state index is 4.39. The summed E-state index contributed by atoms with van der Waals surface area (Å²) in [4.78, 5) is 7.74. The summed E-state index contributed by atoms with van der Waals surface area (Å²) >= 11 is 3.43. The van der Waals surface area contributed by atoms with Gasteiger partial charge >= 0.3 is 0 Å². The molecule has 0 unspecified atom stereocenters. The van der Waals surface area contributed by atoms with Crippen molar-refractivity contribution in [2.75, 3.05) is 0 Å². The molecular weight excluding hydrogens is 455 g/mol. The van der Waals surface area contributed by atoms with Crippen molar-refractivity contribution in [1.29, 1.82) is 0 Å². The first kappa shape index (κ1) is 23.8. The minimum atomic E-state index is 0.430. The maximum Gasteiger partial charge on any atom is 0.213 e. The van der Waals surface area contributed by atoms with E-state index in [0.29, 0.717) is 6.71 Å². The number of rotatable bonds is 8. The van der Waals surface area contributed by atoms with E-state index in [1.807, 2.05) is 12.3 Å². The summed E-state index contributed by atoms with van der Waals surface area (Å²) in [6.45, 7) is 6.46. The van der Waals surface area contributed by atoms with Gasteiger partial charge in [-0.2, -0.15) is 0 Å². The van der Waals surface area contributed by atoms with Crippen LogP contribution in [0.5, 0.6) is 0 Å². The summed E-state index contributed by atoms with van der Waals surface area (Å²) in [6.07, 6.45) is 8.01. The molecule has 0 bridgehead atoms. The molecule has 1 N–H and O–H groups in total. The minimum absolute atomic E-state index is 0.430. The molecule has 0 saturated heterocycles. The van der Waals surface area contributed by atoms with Crippen LogP contribution in [-0.2, 0) is 12.8 Å². The third kappa shape index (κ3) is 7.38. The second-order valence-electron chi connectivity index (χ2n) is 7.81. The SMILES string of the molecule is C=CCB(c1ccccc1)c1ccccc1.CCCc1cnc(Cc2ccc(Br)cc2)[nH]1. The van der Waals surface area contributed by atoms with E-state index in [4.69, 9.17) is 0 Å². The predicted molar refractivity (Wildman–Crippen MR) is 142 cm³/mol. The number of H-pyrrole nitrogens is 1. The van der Waals surface area contributed by atoms with Crippen molar-refractivity contribution in [3.05, 3.63) is 125 Å². The van der Waals surface area contributed by atoms with Crippen molar-refractivity contribution >= 4 is 33.6 Å². The van der Waals surface area contributed by atoms with Gasteiger partial charge in [0.25, 0.3) is 0 Å². The second kappa shape index (κ2) is 12.9. The fourth-order valence-electron chi connectivity index (χ4n) is 3.69. The smallest absolute Gasteiger partial charge is 0.213 e. The van der Waals surface area contributed by atoms with E-state index in [1.165, 1.54) is 22.2 Å². The number of benzene rings is 3. The molecule has 4 heteroatoms. The van der Waals surface area contributed by atoms with Crippen LogP contribution in [0.1, 0.15) is 30.4 Å².